The largest absolute Gasteiger partial charge is 0.379 e. The van der Waals surface area contributed by atoms with Crippen LogP contribution in [0, 0.1) is 11.8 Å². The lowest BCUT2D eigenvalue weighted by Gasteiger charge is -2.48. The van der Waals surface area contributed by atoms with Crippen LogP contribution in [0.3, 0.4) is 0 Å². The molecule has 0 bridgehead atoms. The van der Waals surface area contributed by atoms with Gasteiger partial charge in [-0.15, -0.1) is 0 Å². The van der Waals surface area contributed by atoms with Crippen molar-refractivity contribution in [2.24, 2.45) is 11.8 Å². The van der Waals surface area contributed by atoms with Gasteiger partial charge in [-0.3, -0.25) is 4.90 Å². The average Bonchev–Trinajstić information content (AvgIpc) is 2.56. The summed E-state index contributed by atoms with van der Waals surface area (Å²) >= 11 is 5.72. The summed E-state index contributed by atoms with van der Waals surface area (Å²) in [6.07, 6.45) is 6.82. The summed E-state index contributed by atoms with van der Waals surface area (Å²) in [4.78, 5) is 4.97. The molecule has 22 heavy (non-hydrogen) atoms. The number of piperidine rings is 1. The van der Waals surface area contributed by atoms with Gasteiger partial charge >= 0.3 is 0 Å². The van der Waals surface area contributed by atoms with E-state index in [9.17, 15) is 0 Å². The summed E-state index contributed by atoms with van der Waals surface area (Å²) in [5.41, 5.74) is 0. The molecule has 4 nitrogen and oxygen atoms in total. The SMILES string of the molecule is C[C@@H]1CCN(C(=S)NCCN2CCOCC2)[C@@H]2CCCC[C@H]12. The molecule has 0 spiro atoms. The first-order valence-corrected chi connectivity index (χ1v) is 9.51. The third-order valence-electron chi connectivity index (χ3n) is 5.81. The van der Waals surface area contributed by atoms with E-state index in [2.05, 4.69) is 22.0 Å². The van der Waals surface area contributed by atoms with E-state index in [1.54, 1.807) is 0 Å². The number of nitrogens with zero attached hydrogens (tertiary/aromatic N) is 2. The van der Waals surface area contributed by atoms with E-state index in [4.69, 9.17) is 17.0 Å². The van der Waals surface area contributed by atoms with Gasteiger partial charge in [0.2, 0.25) is 0 Å². The van der Waals surface area contributed by atoms with Crippen LogP contribution in [0.25, 0.3) is 0 Å². The fourth-order valence-corrected chi connectivity index (χ4v) is 4.74. The molecule has 3 fully saturated rings. The fourth-order valence-electron chi connectivity index (χ4n) is 4.41. The molecule has 5 heteroatoms. The molecule has 1 saturated carbocycles. The molecule has 3 aliphatic rings. The number of hydrogen-bond donors (Lipinski definition) is 1. The molecule has 0 unspecified atom stereocenters. The minimum absolute atomic E-state index is 0.695. The molecule has 2 saturated heterocycles. The normalized spacial score (nSPS) is 33.3. The molecule has 2 aliphatic heterocycles. The van der Waals surface area contributed by atoms with Gasteiger partial charge in [-0.25, -0.2) is 0 Å². The molecule has 0 radical (unpaired) electrons. The Hall–Kier alpha value is -0.390. The standard InChI is InChI=1S/C17H31N3OS/c1-14-6-8-20(16-5-3-2-4-15(14)16)17(22)18-7-9-19-10-12-21-13-11-19/h14-16H,2-13H2,1H3,(H,18,22)/t14-,15-,16-/m1/s1. The molecule has 0 aromatic rings. The summed E-state index contributed by atoms with van der Waals surface area (Å²) in [7, 11) is 0. The van der Waals surface area contributed by atoms with Crippen molar-refractivity contribution >= 4 is 17.3 Å². The van der Waals surface area contributed by atoms with Gasteiger partial charge in [-0.05, 0) is 43.3 Å². The molecular formula is C17H31N3OS. The van der Waals surface area contributed by atoms with Crippen LogP contribution >= 0.6 is 12.2 Å². The van der Waals surface area contributed by atoms with Gasteiger partial charge in [-0.2, -0.15) is 0 Å². The Morgan fingerprint density at radius 3 is 2.73 bits per heavy atom. The molecule has 0 aromatic carbocycles. The number of thiocarbonyl (C=S) groups is 1. The van der Waals surface area contributed by atoms with Gasteiger partial charge in [0.1, 0.15) is 0 Å². The average molecular weight is 326 g/mol. The van der Waals surface area contributed by atoms with E-state index in [0.717, 1.165) is 62.9 Å². The Kier molecular flexibility index (Phi) is 5.94. The van der Waals surface area contributed by atoms with E-state index in [0.29, 0.717) is 6.04 Å². The van der Waals surface area contributed by atoms with Crippen LogP contribution in [0.15, 0.2) is 0 Å². The zero-order chi connectivity index (χ0) is 15.4. The quantitative estimate of drug-likeness (QED) is 0.802. The number of nitrogens with one attached hydrogen (secondary N) is 1. The van der Waals surface area contributed by atoms with Crippen molar-refractivity contribution < 1.29 is 4.74 Å². The predicted molar refractivity (Wildman–Crippen MR) is 94.1 cm³/mol. The van der Waals surface area contributed by atoms with Gasteiger partial charge < -0.3 is 15.0 Å². The van der Waals surface area contributed by atoms with Gasteiger partial charge in [0.15, 0.2) is 5.11 Å². The van der Waals surface area contributed by atoms with Gasteiger partial charge in [0, 0.05) is 38.8 Å². The van der Waals surface area contributed by atoms with Crippen molar-refractivity contribution in [3.63, 3.8) is 0 Å². The van der Waals surface area contributed by atoms with Crippen LogP contribution in [-0.4, -0.2) is 66.9 Å². The fraction of sp³-hybridized carbons (Fsp3) is 0.941. The van der Waals surface area contributed by atoms with Crippen molar-refractivity contribution in [2.75, 3.05) is 45.9 Å². The summed E-state index contributed by atoms with van der Waals surface area (Å²) < 4.78 is 5.40. The van der Waals surface area contributed by atoms with Crippen LogP contribution in [-0.2, 0) is 4.74 Å². The molecule has 1 N–H and O–H groups in total. The lowest BCUT2D eigenvalue weighted by molar-refractivity contribution is 0.0385. The lowest BCUT2D eigenvalue weighted by atomic mass is 9.73. The summed E-state index contributed by atoms with van der Waals surface area (Å²) in [6, 6.07) is 0.695. The van der Waals surface area contributed by atoms with Crippen LogP contribution in [0.1, 0.15) is 39.0 Å². The highest BCUT2D eigenvalue weighted by atomic mass is 32.1. The Morgan fingerprint density at radius 1 is 1.14 bits per heavy atom. The van der Waals surface area contributed by atoms with E-state index in [1.165, 1.54) is 32.1 Å². The first-order valence-electron chi connectivity index (χ1n) is 9.10. The Labute approximate surface area is 140 Å². The van der Waals surface area contributed by atoms with Gasteiger partial charge in [0.25, 0.3) is 0 Å². The number of rotatable bonds is 3. The highest BCUT2D eigenvalue weighted by Crippen LogP contribution is 2.38. The topological polar surface area (TPSA) is 27.7 Å². The second-order valence-corrected chi connectivity index (χ2v) is 7.55. The maximum Gasteiger partial charge on any atom is 0.169 e. The van der Waals surface area contributed by atoms with E-state index in [-0.39, 0.29) is 0 Å². The number of fused-ring (bicyclic) bond motifs is 1. The molecule has 0 aromatic heterocycles. The van der Waals surface area contributed by atoms with Crippen LogP contribution in [0.5, 0.6) is 0 Å². The zero-order valence-electron chi connectivity index (χ0n) is 13.9. The highest BCUT2D eigenvalue weighted by molar-refractivity contribution is 7.80. The number of ether oxygens (including phenoxy) is 1. The maximum atomic E-state index is 5.72. The van der Waals surface area contributed by atoms with Crippen molar-refractivity contribution in [3.8, 4) is 0 Å². The molecule has 0 amide bonds. The maximum absolute atomic E-state index is 5.72. The molecule has 126 valence electrons. The lowest BCUT2D eigenvalue weighted by Crippen LogP contribution is -2.55. The monoisotopic (exact) mass is 325 g/mol. The zero-order valence-corrected chi connectivity index (χ0v) is 14.7. The second kappa shape index (κ2) is 7.93. The molecular weight excluding hydrogens is 294 g/mol. The van der Waals surface area contributed by atoms with Crippen molar-refractivity contribution in [1.82, 2.24) is 15.1 Å². The Balaban J connectivity index is 1.46. The summed E-state index contributed by atoms with van der Waals surface area (Å²) in [5, 5.41) is 4.52. The number of morpholine rings is 1. The Bertz CT molecular complexity index is 373. The van der Waals surface area contributed by atoms with Crippen molar-refractivity contribution in [1.29, 1.82) is 0 Å². The van der Waals surface area contributed by atoms with Gasteiger partial charge in [-0.1, -0.05) is 19.8 Å². The molecule has 3 rings (SSSR count). The molecule has 2 heterocycles. The first-order chi connectivity index (χ1) is 10.8. The second-order valence-electron chi connectivity index (χ2n) is 7.16. The third-order valence-corrected chi connectivity index (χ3v) is 6.19. The van der Waals surface area contributed by atoms with Crippen LogP contribution < -0.4 is 5.32 Å². The summed E-state index contributed by atoms with van der Waals surface area (Å²) in [5.74, 6) is 1.74. The van der Waals surface area contributed by atoms with E-state index < -0.39 is 0 Å². The number of hydrogen-bond acceptors (Lipinski definition) is 3. The van der Waals surface area contributed by atoms with Crippen LogP contribution in [0.2, 0.25) is 0 Å². The van der Waals surface area contributed by atoms with Gasteiger partial charge in [0.05, 0.1) is 13.2 Å². The van der Waals surface area contributed by atoms with Crippen LogP contribution in [0.4, 0.5) is 0 Å². The minimum Gasteiger partial charge on any atom is -0.379 e. The van der Waals surface area contributed by atoms with E-state index >= 15 is 0 Å². The van der Waals surface area contributed by atoms with Crippen molar-refractivity contribution in [3.05, 3.63) is 0 Å². The third kappa shape index (κ3) is 3.92. The molecule has 3 atom stereocenters. The molecule has 1 aliphatic carbocycles. The van der Waals surface area contributed by atoms with E-state index in [1.807, 2.05) is 0 Å². The highest BCUT2D eigenvalue weighted by Gasteiger charge is 2.38. The first kappa shape index (κ1) is 16.5. The Morgan fingerprint density at radius 2 is 1.91 bits per heavy atom. The summed E-state index contributed by atoms with van der Waals surface area (Å²) in [6.45, 7) is 9.47. The smallest absolute Gasteiger partial charge is 0.169 e. The van der Waals surface area contributed by atoms with Crippen molar-refractivity contribution in [2.45, 2.75) is 45.1 Å². The predicted octanol–water partition coefficient (Wildman–Crippen LogP) is 2.09. The minimum atomic E-state index is 0.695. The number of likely N-dealkylation sites (tertiary alicyclic amines) is 1.